The van der Waals surface area contributed by atoms with Gasteiger partial charge >= 0.3 is 19.5 Å². The molecule has 0 amide bonds. The van der Waals surface area contributed by atoms with Gasteiger partial charge in [-0.05, 0) is 94.0 Å². The Morgan fingerprint density at radius 3 is 1.19 bits per heavy atom. The number of rotatable bonds is 4. The molecule has 47 heavy (non-hydrogen) atoms. The van der Waals surface area contributed by atoms with Gasteiger partial charge in [0.05, 0.1) is 20.4 Å². The van der Waals surface area contributed by atoms with Crippen LogP contribution in [-0.4, -0.2) is 9.97 Å². The van der Waals surface area contributed by atoms with E-state index in [1.165, 1.54) is 24.3 Å². The molecule has 0 spiro atoms. The molecule has 0 fully saturated rings. The summed E-state index contributed by atoms with van der Waals surface area (Å²) in [7, 11) is 0. The molecule has 0 bridgehead atoms. The average Bonchev–Trinajstić information content (AvgIpc) is 3.71. The molecule has 8 rings (SSSR count). The maximum atomic E-state index is 13.1. The number of aromatic nitrogens is 2. The number of benzene rings is 6. The van der Waals surface area contributed by atoms with Gasteiger partial charge in [-0.15, -0.1) is 22.7 Å². The van der Waals surface area contributed by atoms with Crippen LogP contribution in [0.25, 0.3) is 63.8 Å². The standard InChI is InChI=1S/2C19H12FNS2.Zn/c2*20-14-8-5-12(6-9-14)13-7-10-17(22)15(11-13)19-21-16-3-1-2-4-18(16)23-19;/h2*1-11,22H;/q;;+2/p-2. The molecule has 8 aromatic rings. The maximum Gasteiger partial charge on any atom is 2.00 e. The van der Waals surface area contributed by atoms with Crippen molar-refractivity contribution < 1.29 is 28.3 Å². The van der Waals surface area contributed by atoms with Crippen molar-refractivity contribution in [3.8, 4) is 43.4 Å². The van der Waals surface area contributed by atoms with E-state index in [1.807, 2.05) is 72.8 Å². The van der Waals surface area contributed by atoms with E-state index in [-0.39, 0.29) is 31.1 Å². The first-order chi connectivity index (χ1) is 22.4. The van der Waals surface area contributed by atoms with E-state index in [9.17, 15) is 8.78 Å². The fourth-order valence-corrected chi connectivity index (χ4v) is 7.58. The molecule has 0 radical (unpaired) electrons. The van der Waals surface area contributed by atoms with Crippen molar-refractivity contribution in [1.29, 1.82) is 0 Å². The van der Waals surface area contributed by atoms with Crippen LogP contribution in [0.1, 0.15) is 0 Å². The van der Waals surface area contributed by atoms with Gasteiger partial charge in [-0.3, -0.25) is 0 Å². The zero-order chi connectivity index (χ0) is 31.6. The number of thiazole rings is 2. The molecular formula is C38H22F2N2S4Zn. The normalized spacial score (nSPS) is 10.8. The zero-order valence-electron chi connectivity index (χ0n) is 24.7. The van der Waals surface area contributed by atoms with Crippen LogP contribution < -0.4 is 0 Å². The Kier molecular flexibility index (Phi) is 10.1. The van der Waals surface area contributed by atoms with Crippen LogP contribution in [-0.2, 0) is 44.7 Å². The van der Waals surface area contributed by atoms with Crippen molar-refractivity contribution in [1.82, 2.24) is 9.97 Å². The summed E-state index contributed by atoms with van der Waals surface area (Å²) >= 11 is 14.2. The van der Waals surface area contributed by atoms with Crippen LogP contribution in [0.4, 0.5) is 8.78 Å². The van der Waals surface area contributed by atoms with Crippen molar-refractivity contribution in [3.05, 3.63) is 145 Å². The topological polar surface area (TPSA) is 25.8 Å². The van der Waals surface area contributed by atoms with E-state index in [0.29, 0.717) is 0 Å². The summed E-state index contributed by atoms with van der Waals surface area (Å²) in [4.78, 5) is 10.9. The number of para-hydroxylation sites is 2. The Morgan fingerprint density at radius 2 is 0.809 bits per heavy atom. The second-order valence-electron chi connectivity index (χ2n) is 10.4. The second kappa shape index (κ2) is 14.4. The van der Waals surface area contributed by atoms with Crippen LogP contribution >= 0.6 is 22.7 Å². The number of hydrogen-bond donors (Lipinski definition) is 0. The summed E-state index contributed by atoms with van der Waals surface area (Å²) < 4.78 is 28.5. The van der Waals surface area contributed by atoms with Gasteiger partial charge in [0.2, 0.25) is 0 Å². The molecule has 2 heterocycles. The number of nitrogens with zero attached hydrogens (tertiary/aromatic N) is 2. The van der Waals surface area contributed by atoms with E-state index in [2.05, 4.69) is 22.1 Å². The van der Waals surface area contributed by atoms with Crippen LogP contribution in [0.3, 0.4) is 0 Å². The largest absolute Gasteiger partial charge is 2.00 e. The molecule has 0 aliphatic rings. The quantitative estimate of drug-likeness (QED) is 0.133. The minimum absolute atomic E-state index is 0. The Hall–Kier alpha value is -3.98. The zero-order valence-corrected chi connectivity index (χ0v) is 30.9. The SMILES string of the molecule is Fc1ccc(-c2ccc([S-])c(-c3nc4ccccc4s3)c2)cc1.Fc1ccc(-c2ccc([S-])c(-c3nc4ccccc4s3)c2)cc1.[Zn+2]. The van der Waals surface area contributed by atoms with Gasteiger partial charge in [0.1, 0.15) is 21.6 Å². The summed E-state index contributed by atoms with van der Waals surface area (Å²) in [6.07, 6.45) is 0. The van der Waals surface area contributed by atoms with Crippen LogP contribution in [0.5, 0.6) is 0 Å². The first kappa shape index (κ1) is 32.9. The molecule has 2 aromatic heterocycles. The molecule has 0 atom stereocenters. The van der Waals surface area contributed by atoms with Crippen molar-refractivity contribution >= 4 is 68.4 Å². The van der Waals surface area contributed by atoms with Crippen LogP contribution in [0.15, 0.2) is 143 Å². The summed E-state index contributed by atoms with van der Waals surface area (Å²) in [6.45, 7) is 0. The van der Waals surface area contributed by atoms with Crippen molar-refractivity contribution in [3.63, 3.8) is 0 Å². The summed E-state index contributed by atoms with van der Waals surface area (Å²) in [5.41, 5.74) is 7.79. The summed E-state index contributed by atoms with van der Waals surface area (Å²) in [5, 5.41) is 1.83. The second-order valence-corrected chi connectivity index (χ2v) is 13.4. The first-order valence-corrected chi connectivity index (χ1v) is 16.7. The monoisotopic (exact) mass is 736 g/mol. The van der Waals surface area contributed by atoms with E-state index in [4.69, 9.17) is 25.3 Å². The molecule has 0 saturated heterocycles. The van der Waals surface area contributed by atoms with Gasteiger partial charge in [0.25, 0.3) is 0 Å². The predicted molar refractivity (Wildman–Crippen MR) is 192 cm³/mol. The third-order valence-electron chi connectivity index (χ3n) is 7.36. The smallest absolute Gasteiger partial charge is 0.779 e. The van der Waals surface area contributed by atoms with Crippen molar-refractivity contribution in [2.75, 3.05) is 0 Å². The summed E-state index contributed by atoms with van der Waals surface area (Å²) in [5.74, 6) is -0.472. The van der Waals surface area contributed by atoms with Crippen molar-refractivity contribution in [2.24, 2.45) is 0 Å². The predicted octanol–water partition coefficient (Wildman–Crippen LogP) is 11.3. The molecule has 0 N–H and O–H groups in total. The molecule has 9 heteroatoms. The van der Waals surface area contributed by atoms with E-state index in [0.717, 1.165) is 73.6 Å². The van der Waals surface area contributed by atoms with Crippen molar-refractivity contribution in [2.45, 2.75) is 9.79 Å². The molecule has 0 aliphatic heterocycles. The molecular weight excluding hydrogens is 716 g/mol. The fraction of sp³-hybridized carbons (Fsp3) is 0. The molecule has 2 nitrogen and oxygen atoms in total. The third kappa shape index (κ3) is 7.30. The van der Waals surface area contributed by atoms with Gasteiger partial charge in [0, 0.05) is 0 Å². The maximum absolute atomic E-state index is 13.1. The molecule has 0 saturated carbocycles. The van der Waals surface area contributed by atoms with E-state index in [1.54, 1.807) is 46.9 Å². The first-order valence-electron chi connectivity index (χ1n) is 14.3. The minimum atomic E-state index is -0.236. The Bertz CT molecular complexity index is 2090. The van der Waals surface area contributed by atoms with Crippen LogP contribution in [0, 0.1) is 11.6 Å². The van der Waals surface area contributed by atoms with Crippen LogP contribution in [0.2, 0.25) is 0 Å². The molecule has 0 aliphatic carbocycles. The number of halogens is 2. The van der Waals surface area contributed by atoms with E-state index < -0.39 is 0 Å². The molecule has 224 valence electrons. The van der Waals surface area contributed by atoms with Gasteiger partial charge < -0.3 is 25.3 Å². The number of fused-ring (bicyclic) bond motifs is 2. The van der Waals surface area contributed by atoms with E-state index >= 15 is 0 Å². The Labute approximate surface area is 302 Å². The third-order valence-corrected chi connectivity index (χ3v) is 10.2. The van der Waals surface area contributed by atoms with Gasteiger partial charge in [-0.25, -0.2) is 18.7 Å². The Morgan fingerprint density at radius 1 is 0.447 bits per heavy atom. The minimum Gasteiger partial charge on any atom is -0.779 e. The van der Waals surface area contributed by atoms with Gasteiger partial charge in [0.15, 0.2) is 0 Å². The Balaban J connectivity index is 0.000000161. The molecule has 6 aromatic carbocycles. The fourth-order valence-electron chi connectivity index (χ4n) is 5.01. The number of hydrogen-bond acceptors (Lipinski definition) is 6. The van der Waals surface area contributed by atoms with Gasteiger partial charge in [-0.2, -0.15) is 9.79 Å². The molecule has 0 unspecified atom stereocenters. The average molecular weight is 738 g/mol. The van der Waals surface area contributed by atoms with Gasteiger partial charge in [-0.1, -0.05) is 72.8 Å². The summed E-state index contributed by atoms with van der Waals surface area (Å²) in [6, 6.07) is 40.9.